The molecule has 0 aromatic heterocycles. The lowest BCUT2D eigenvalue weighted by Crippen LogP contribution is -2.21. The molecular weight excluding hydrogens is 237 g/mol. The number of nitrogens with zero attached hydrogens (tertiary/aromatic N) is 1. The minimum atomic E-state index is -0.403. The zero-order valence-electron chi connectivity index (χ0n) is 10.9. The SMILES string of the molecule is CCOc1ccc(N(C)CCC(=O)OC)cc1F. The summed E-state index contributed by atoms with van der Waals surface area (Å²) in [4.78, 5) is 12.8. The number of rotatable bonds is 6. The number of methoxy groups -OCH3 is 1. The van der Waals surface area contributed by atoms with Crippen molar-refractivity contribution in [2.24, 2.45) is 0 Å². The molecule has 0 saturated heterocycles. The van der Waals surface area contributed by atoms with Gasteiger partial charge in [-0.1, -0.05) is 0 Å². The van der Waals surface area contributed by atoms with E-state index >= 15 is 0 Å². The van der Waals surface area contributed by atoms with E-state index in [1.807, 2.05) is 0 Å². The Labute approximate surface area is 106 Å². The summed E-state index contributed by atoms with van der Waals surface area (Å²) in [5.74, 6) is -0.449. The first-order valence-electron chi connectivity index (χ1n) is 5.78. The van der Waals surface area contributed by atoms with Crippen LogP contribution >= 0.6 is 0 Å². The number of anilines is 1. The maximum Gasteiger partial charge on any atom is 0.307 e. The third kappa shape index (κ3) is 3.91. The third-order valence-electron chi connectivity index (χ3n) is 2.54. The van der Waals surface area contributed by atoms with Crippen LogP contribution in [0.1, 0.15) is 13.3 Å². The lowest BCUT2D eigenvalue weighted by atomic mass is 10.2. The van der Waals surface area contributed by atoms with E-state index in [9.17, 15) is 9.18 Å². The van der Waals surface area contributed by atoms with Crippen LogP contribution < -0.4 is 9.64 Å². The molecular formula is C13H18FNO3. The Morgan fingerprint density at radius 2 is 2.17 bits per heavy atom. The Bertz CT molecular complexity index is 409. The first-order valence-corrected chi connectivity index (χ1v) is 5.78. The molecule has 100 valence electrons. The van der Waals surface area contributed by atoms with Crippen LogP contribution in [0.3, 0.4) is 0 Å². The monoisotopic (exact) mass is 255 g/mol. The summed E-state index contributed by atoms with van der Waals surface area (Å²) in [6.07, 6.45) is 0.266. The molecule has 0 saturated carbocycles. The highest BCUT2D eigenvalue weighted by Crippen LogP contribution is 2.23. The van der Waals surface area contributed by atoms with Crippen molar-refractivity contribution in [1.82, 2.24) is 0 Å². The van der Waals surface area contributed by atoms with Gasteiger partial charge in [0, 0.05) is 25.3 Å². The smallest absolute Gasteiger partial charge is 0.307 e. The summed E-state index contributed by atoms with van der Waals surface area (Å²) in [7, 11) is 3.14. The van der Waals surface area contributed by atoms with Crippen molar-refractivity contribution < 1.29 is 18.7 Å². The van der Waals surface area contributed by atoms with Crippen LogP contribution in [0.5, 0.6) is 5.75 Å². The Morgan fingerprint density at radius 1 is 1.44 bits per heavy atom. The van der Waals surface area contributed by atoms with Gasteiger partial charge in [0.2, 0.25) is 0 Å². The summed E-state index contributed by atoms with van der Waals surface area (Å²) < 4.78 is 23.3. The second kappa shape index (κ2) is 6.83. The van der Waals surface area contributed by atoms with Crippen molar-refractivity contribution in [3.63, 3.8) is 0 Å². The number of ether oxygens (including phenoxy) is 2. The molecule has 4 nitrogen and oxygen atoms in total. The molecule has 1 rings (SSSR count). The number of benzene rings is 1. The fourth-order valence-corrected chi connectivity index (χ4v) is 1.49. The minimum Gasteiger partial charge on any atom is -0.491 e. The van der Waals surface area contributed by atoms with Gasteiger partial charge < -0.3 is 14.4 Å². The van der Waals surface area contributed by atoms with Crippen LogP contribution in [-0.4, -0.2) is 33.3 Å². The van der Waals surface area contributed by atoms with Crippen molar-refractivity contribution in [1.29, 1.82) is 0 Å². The second-order valence-electron chi connectivity index (χ2n) is 3.80. The normalized spacial score (nSPS) is 10.0. The van der Waals surface area contributed by atoms with Gasteiger partial charge in [-0.25, -0.2) is 4.39 Å². The Hall–Kier alpha value is -1.78. The van der Waals surface area contributed by atoms with E-state index in [1.165, 1.54) is 13.2 Å². The van der Waals surface area contributed by atoms with Crippen LogP contribution in [0.25, 0.3) is 0 Å². The molecule has 0 spiro atoms. The van der Waals surface area contributed by atoms with Gasteiger partial charge in [0.15, 0.2) is 11.6 Å². The molecule has 0 aliphatic heterocycles. The molecule has 0 N–H and O–H groups in total. The molecule has 0 atom stereocenters. The number of halogens is 1. The highest BCUT2D eigenvalue weighted by molar-refractivity contribution is 5.70. The Kier molecular flexibility index (Phi) is 5.42. The average Bonchev–Trinajstić information content (AvgIpc) is 2.38. The van der Waals surface area contributed by atoms with E-state index in [0.29, 0.717) is 18.8 Å². The van der Waals surface area contributed by atoms with Crippen molar-refractivity contribution >= 4 is 11.7 Å². The molecule has 0 aliphatic carbocycles. The molecule has 5 heteroatoms. The number of esters is 1. The summed E-state index contributed by atoms with van der Waals surface area (Å²) in [6.45, 7) is 2.70. The van der Waals surface area contributed by atoms with Crippen molar-refractivity contribution in [2.75, 3.05) is 32.2 Å². The van der Waals surface area contributed by atoms with Crippen LogP contribution in [0, 0.1) is 5.82 Å². The van der Waals surface area contributed by atoms with Crippen molar-refractivity contribution in [2.45, 2.75) is 13.3 Å². The molecule has 18 heavy (non-hydrogen) atoms. The standard InChI is InChI=1S/C13H18FNO3/c1-4-18-12-6-5-10(9-11(12)14)15(2)8-7-13(16)17-3/h5-6,9H,4,7-8H2,1-3H3. The van der Waals surface area contributed by atoms with E-state index in [-0.39, 0.29) is 18.1 Å². The molecule has 0 amide bonds. The zero-order valence-corrected chi connectivity index (χ0v) is 10.9. The van der Waals surface area contributed by atoms with E-state index in [0.717, 1.165) is 0 Å². The predicted molar refractivity (Wildman–Crippen MR) is 67.5 cm³/mol. The Morgan fingerprint density at radius 3 is 2.72 bits per heavy atom. The van der Waals surface area contributed by atoms with Gasteiger partial charge in [0.25, 0.3) is 0 Å². The molecule has 0 unspecified atom stereocenters. The number of hydrogen-bond acceptors (Lipinski definition) is 4. The van der Waals surface area contributed by atoms with Gasteiger partial charge in [0.05, 0.1) is 20.1 Å². The Balaban J connectivity index is 2.66. The van der Waals surface area contributed by atoms with E-state index < -0.39 is 5.82 Å². The van der Waals surface area contributed by atoms with Crippen LogP contribution in [0.4, 0.5) is 10.1 Å². The quantitative estimate of drug-likeness (QED) is 0.731. The molecule has 0 heterocycles. The van der Waals surface area contributed by atoms with Crippen LogP contribution in [0.2, 0.25) is 0 Å². The zero-order chi connectivity index (χ0) is 13.5. The fraction of sp³-hybridized carbons (Fsp3) is 0.462. The molecule has 0 radical (unpaired) electrons. The van der Waals surface area contributed by atoms with Crippen LogP contribution in [-0.2, 0) is 9.53 Å². The highest BCUT2D eigenvalue weighted by atomic mass is 19.1. The highest BCUT2D eigenvalue weighted by Gasteiger charge is 2.09. The number of carbonyl (C=O) groups excluding carboxylic acids is 1. The molecule has 1 aromatic carbocycles. The van der Waals surface area contributed by atoms with E-state index in [1.54, 1.807) is 31.0 Å². The van der Waals surface area contributed by atoms with E-state index in [4.69, 9.17) is 4.74 Å². The number of hydrogen-bond donors (Lipinski definition) is 0. The summed E-state index contributed by atoms with van der Waals surface area (Å²) in [6, 6.07) is 4.73. The van der Waals surface area contributed by atoms with Crippen molar-refractivity contribution in [3.8, 4) is 5.75 Å². The van der Waals surface area contributed by atoms with Crippen molar-refractivity contribution in [3.05, 3.63) is 24.0 Å². The van der Waals surface area contributed by atoms with Crippen LogP contribution in [0.15, 0.2) is 18.2 Å². The lowest BCUT2D eigenvalue weighted by Gasteiger charge is -2.19. The maximum atomic E-state index is 13.6. The summed E-state index contributed by atoms with van der Waals surface area (Å²) >= 11 is 0. The number of carbonyl (C=O) groups is 1. The third-order valence-corrected chi connectivity index (χ3v) is 2.54. The first kappa shape index (κ1) is 14.3. The molecule has 0 bridgehead atoms. The summed E-state index contributed by atoms with van der Waals surface area (Å²) in [5.41, 5.74) is 0.694. The molecule has 1 aromatic rings. The van der Waals surface area contributed by atoms with Gasteiger partial charge in [-0.05, 0) is 19.1 Å². The topological polar surface area (TPSA) is 38.8 Å². The molecule has 0 fully saturated rings. The summed E-state index contributed by atoms with van der Waals surface area (Å²) in [5, 5.41) is 0. The van der Waals surface area contributed by atoms with Gasteiger partial charge in [-0.15, -0.1) is 0 Å². The lowest BCUT2D eigenvalue weighted by molar-refractivity contribution is -0.140. The van der Waals surface area contributed by atoms with Gasteiger partial charge >= 0.3 is 5.97 Å². The van der Waals surface area contributed by atoms with Gasteiger partial charge in [-0.3, -0.25) is 4.79 Å². The maximum absolute atomic E-state index is 13.6. The van der Waals surface area contributed by atoms with Gasteiger partial charge in [0.1, 0.15) is 0 Å². The predicted octanol–water partition coefficient (Wildman–Crippen LogP) is 2.22. The minimum absolute atomic E-state index is 0.239. The largest absolute Gasteiger partial charge is 0.491 e. The molecule has 0 aliphatic rings. The van der Waals surface area contributed by atoms with Gasteiger partial charge in [-0.2, -0.15) is 0 Å². The fourth-order valence-electron chi connectivity index (χ4n) is 1.49. The second-order valence-corrected chi connectivity index (χ2v) is 3.80. The average molecular weight is 255 g/mol. The van der Waals surface area contributed by atoms with E-state index in [2.05, 4.69) is 4.74 Å². The first-order chi connectivity index (χ1) is 8.58.